The summed E-state index contributed by atoms with van der Waals surface area (Å²) in [6, 6.07) is 5.49. The number of nitro benzene ring substituents is 1. The summed E-state index contributed by atoms with van der Waals surface area (Å²) in [6.07, 6.45) is 6.95. The first-order valence-corrected chi connectivity index (χ1v) is 7.21. The summed E-state index contributed by atoms with van der Waals surface area (Å²) in [6.45, 7) is 0. The number of benzene rings is 1. The molecule has 1 aromatic carbocycles. The van der Waals surface area contributed by atoms with Crippen LogP contribution in [0.15, 0.2) is 29.4 Å². The minimum atomic E-state index is -0.491. The van der Waals surface area contributed by atoms with Crippen LogP contribution in [0, 0.1) is 27.9 Å². The molecule has 1 aromatic rings. The van der Waals surface area contributed by atoms with E-state index < -0.39 is 4.92 Å². The van der Waals surface area contributed by atoms with Crippen molar-refractivity contribution in [2.75, 3.05) is 0 Å². The molecule has 6 nitrogen and oxygen atoms in total. The van der Waals surface area contributed by atoms with Crippen LogP contribution in [0.3, 0.4) is 0 Å². The molecule has 3 rings (SSSR count). The zero-order valence-electron chi connectivity index (χ0n) is 11.6. The Kier molecular flexibility index (Phi) is 3.68. The summed E-state index contributed by atoms with van der Waals surface area (Å²) in [7, 11) is 0. The molecule has 2 bridgehead atoms. The fraction of sp³-hybridized carbons (Fsp3) is 0.467. The van der Waals surface area contributed by atoms with Crippen LogP contribution < -0.4 is 5.43 Å². The number of amides is 1. The van der Waals surface area contributed by atoms with E-state index in [1.54, 1.807) is 0 Å². The van der Waals surface area contributed by atoms with Crippen LogP contribution in [0.25, 0.3) is 0 Å². The zero-order valence-corrected chi connectivity index (χ0v) is 11.6. The highest BCUT2D eigenvalue weighted by molar-refractivity contribution is 5.94. The van der Waals surface area contributed by atoms with Crippen LogP contribution in [0.4, 0.5) is 5.69 Å². The Morgan fingerprint density at radius 1 is 1.29 bits per heavy atom. The third kappa shape index (κ3) is 2.94. The van der Waals surface area contributed by atoms with Crippen molar-refractivity contribution in [3.8, 4) is 0 Å². The number of carbonyl (C=O) groups excluding carboxylic acids is 1. The predicted octanol–water partition coefficient (Wildman–Crippen LogP) is 2.75. The van der Waals surface area contributed by atoms with Gasteiger partial charge in [0.15, 0.2) is 0 Å². The molecule has 0 aliphatic heterocycles. The van der Waals surface area contributed by atoms with Gasteiger partial charge in [-0.1, -0.05) is 6.42 Å². The first kappa shape index (κ1) is 13.7. The SMILES string of the molecule is O=C(N/N=C\[C@@H]1C[C@@H]2CC[C@@H]1C2)c1ccc([N+](=O)[O-])cc1. The lowest BCUT2D eigenvalue weighted by molar-refractivity contribution is -0.384. The van der Waals surface area contributed by atoms with Gasteiger partial charge in [-0.15, -0.1) is 0 Å². The highest BCUT2D eigenvalue weighted by Gasteiger charge is 2.38. The van der Waals surface area contributed by atoms with Crippen LogP contribution in [-0.2, 0) is 0 Å². The maximum atomic E-state index is 11.9. The zero-order chi connectivity index (χ0) is 14.8. The van der Waals surface area contributed by atoms with Gasteiger partial charge < -0.3 is 0 Å². The number of carbonyl (C=O) groups is 1. The first-order valence-electron chi connectivity index (χ1n) is 7.21. The molecule has 6 heteroatoms. The van der Waals surface area contributed by atoms with Gasteiger partial charge in [0.05, 0.1) is 4.92 Å². The molecule has 110 valence electrons. The number of nitrogens with zero attached hydrogens (tertiary/aromatic N) is 2. The standard InChI is InChI=1S/C15H17N3O3/c19-15(11-3-5-14(6-4-11)18(20)21)17-16-9-13-8-10-1-2-12(13)7-10/h3-6,9-10,12-13H,1-2,7-8H2,(H,17,19)/b16-9-/t10-,12-,13+/m1/s1. The van der Waals surface area contributed by atoms with E-state index in [9.17, 15) is 14.9 Å². The van der Waals surface area contributed by atoms with Gasteiger partial charge in [-0.2, -0.15) is 5.10 Å². The Hall–Kier alpha value is -2.24. The summed E-state index contributed by atoms with van der Waals surface area (Å²) in [5, 5.41) is 14.6. The Morgan fingerprint density at radius 2 is 2.05 bits per heavy atom. The van der Waals surface area contributed by atoms with Crippen molar-refractivity contribution in [2.45, 2.75) is 25.7 Å². The van der Waals surface area contributed by atoms with Crippen molar-refractivity contribution < 1.29 is 9.72 Å². The number of nitrogens with one attached hydrogen (secondary N) is 1. The van der Waals surface area contributed by atoms with Crippen molar-refractivity contribution in [1.82, 2.24) is 5.43 Å². The normalized spacial score (nSPS) is 27.1. The van der Waals surface area contributed by atoms with Crippen molar-refractivity contribution in [1.29, 1.82) is 0 Å². The molecule has 3 atom stereocenters. The number of hydrogen-bond donors (Lipinski definition) is 1. The summed E-state index contributed by atoms with van der Waals surface area (Å²) >= 11 is 0. The lowest BCUT2D eigenvalue weighted by Gasteiger charge is -2.16. The van der Waals surface area contributed by atoms with Gasteiger partial charge in [0, 0.05) is 23.9 Å². The number of rotatable bonds is 4. The van der Waals surface area contributed by atoms with Gasteiger partial charge in [-0.05, 0) is 49.1 Å². The van der Waals surface area contributed by atoms with E-state index in [0.717, 1.165) is 11.8 Å². The molecule has 0 radical (unpaired) electrons. The monoisotopic (exact) mass is 287 g/mol. The summed E-state index contributed by atoms with van der Waals surface area (Å²) in [4.78, 5) is 21.9. The molecule has 0 saturated heterocycles. The van der Waals surface area contributed by atoms with Gasteiger partial charge in [0.2, 0.25) is 0 Å². The number of fused-ring (bicyclic) bond motifs is 2. The minimum absolute atomic E-state index is 0.0305. The van der Waals surface area contributed by atoms with E-state index in [1.165, 1.54) is 49.9 Å². The second-order valence-electron chi connectivity index (χ2n) is 5.86. The molecule has 0 heterocycles. The van der Waals surface area contributed by atoms with Crippen molar-refractivity contribution >= 4 is 17.8 Å². The van der Waals surface area contributed by atoms with Gasteiger partial charge in [-0.25, -0.2) is 5.43 Å². The van der Waals surface area contributed by atoms with Crippen LogP contribution in [0.1, 0.15) is 36.0 Å². The van der Waals surface area contributed by atoms with E-state index in [2.05, 4.69) is 10.5 Å². The maximum absolute atomic E-state index is 11.9. The van der Waals surface area contributed by atoms with Crippen molar-refractivity contribution in [3.05, 3.63) is 39.9 Å². The molecule has 0 spiro atoms. The summed E-state index contributed by atoms with van der Waals surface area (Å²) < 4.78 is 0. The van der Waals surface area contributed by atoms with Crippen LogP contribution in [0.2, 0.25) is 0 Å². The first-order chi connectivity index (χ1) is 10.1. The van der Waals surface area contributed by atoms with E-state index in [-0.39, 0.29) is 11.6 Å². The number of nitro groups is 1. The van der Waals surface area contributed by atoms with Gasteiger partial charge in [0.25, 0.3) is 11.6 Å². The van der Waals surface area contributed by atoms with Crippen LogP contribution in [0.5, 0.6) is 0 Å². The lowest BCUT2D eigenvalue weighted by atomic mass is 9.90. The van der Waals surface area contributed by atoms with Crippen molar-refractivity contribution in [3.63, 3.8) is 0 Å². The second kappa shape index (κ2) is 5.63. The van der Waals surface area contributed by atoms with Gasteiger partial charge in [-0.3, -0.25) is 14.9 Å². The topological polar surface area (TPSA) is 84.6 Å². The number of non-ortho nitro benzene ring substituents is 1. The molecule has 2 aliphatic rings. The molecule has 21 heavy (non-hydrogen) atoms. The molecule has 1 N–H and O–H groups in total. The van der Waals surface area contributed by atoms with E-state index in [4.69, 9.17) is 0 Å². The Morgan fingerprint density at radius 3 is 2.62 bits per heavy atom. The predicted molar refractivity (Wildman–Crippen MR) is 78.0 cm³/mol. The molecule has 0 aromatic heterocycles. The van der Waals surface area contributed by atoms with Gasteiger partial charge >= 0.3 is 0 Å². The maximum Gasteiger partial charge on any atom is 0.271 e. The lowest BCUT2D eigenvalue weighted by Crippen LogP contribution is -2.20. The quantitative estimate of drug-likeness (QED) is 0.525. The molecule has 2 aliphatic carbocycles. The third-order valence-corrected chi connectivity index (χ3v) is 4.57. The van der Waals surface area contributed by atoms with Crippen LogP contribution >= 0.6 is 0 Å². The van der Waals surface area contributed by atoms with Crippen molar-refractivity contribution in [2.24, 2.45) is 22.9 Å². The van der Waals surface area contributed by atoms with E-state index in [0.29, 0.717) is 11.5 Å². The smallest absolute Gasteiger partial charge is 0.267 e. The largest absolute Gasteiger partial charge is 0.271 e. The Bertz CT molecular complexity index is 582. The van der Waals surface area contributed by atoms with Gasteiger partial charge in [0.1, 0.15) is 0 Å². The Labute approximate surface area is 122 Å². The molecular weight excluding hydrogens is 270 g/mol. The molecule has 0 unspecified atom stereocenters. The second-order valence-corrected chi connectivity index (χ2v) is 5.86. The van der Waals surface area contributed by atoms with E-state index >= 15 is 0 Å². The highest BCUT2D eigenvalue weighted by atomic mass is 16.6. The molecule has 2 fully saturated rings. The highest BCUT2D eigenvalue weighted by Crippen LogP contribution is 2.47. The number of hydrogen-bond acceptors (Lipinski definition) is 4. The average molecular weight is 287 g/mol. The van der Waals surface area contributed by atoms with Crippen LogP contribution in [-0.4, -0.2) is 17.0 Å². The molecule has 1 amide bonds. The fourth-order valence-electron chi connectivity index (χ4n) is 3.47. The third-order valence-electron chi connectivity index (χ3n) is 4.57. The summed E-state index contributed by atoms with van der Waals surface area (Å²) in [5.41, 5.74) is 2.83. The Balaban J connectivity index is 1.55. The van der Waals surface area contributed by atoms with E-state index in [1.807, 2.05) is 6.21 Å². The average Bonchev–Trinajstić information content (AvgIpc) is 3.10. The summed E-state index contributed by atoms with van der Waals surface area (Å²) in [5.74, 6) is 1.72. The molecule has 2 saturated carbocycles. The fourth-order valence-corrected chi connectivity index (χ4v) is 3.47. The molecular formula is C15H17N3O3. The number of hydrazone groups is 1. The minimum Gasteiger partial charge on any atom is -0.267 e.